The Labute approximate surface area is 128 Å². The monoisotopic (exact) mass is 311 g/mol. The van der Waals surface area contributed by atoms with Crippen LogP contribution in [-0.2, 0) is 16.1 Å². The van der Waals surface area contributed by atoms with Crippen molar-refractivity contribution >= 4 is 38.9 Å². The Kier molecular flexibility index (Phi) is 5.40. The lowest BCUT2D eigenvalue weighted by Crippen LogP contribution is -2.41. The second-order valence-corrected chi connectivity index (χ2v) is 6.15. The van der Waals surface area contributed by atoms with E-state index in [0.717, 1.165) is 4.88 Å². The average molecular weight is 312 g/mol. The van der Waals surface area contributed by atoms with Crippen molar-refractivity contribution in [1.29, 1.82) is 0 Å². The number of amides is 1. The SMILES string of the molecule is COCC(C)N(Cc1cc2ccccc2s1)C(=O)CCl. The van der Waals surface area contributed by atoms with Crippen molar-refractivity contribution in [2.75, 3.05) is 19.6 Å². The Morgan fingerprint density at radius 1 is 1.45 bits per heavy atom. The molecule has 1 heterocycles. The van der Waals surface area contributed by atoms with E-state index >= 15 is 0 Å². The summed E-state index contributed by atoms with van der Waals surface area (Å²) in [5.41, 5.74) is 0. The summed E-state index contributed by atoms with van der Waals surface area (Å²) in [4.78, 5) is 14.9. The molecule has 0 bridgehead atoms. The van der Waals surface area contributed by atoms with E-state index in [4.69, 9.17) is 16.3 Å². The van der Waals surface area contributed by atoms with Gasteiger partial charge in [-0.1, -0.05) is 18.2 Å². The quantitative estimate of drug-likeness (QED) is 0.764. The van der Waals surface area contributed by atoms with E-state index in [1.54, 1.807) is 23.3 Å². The molecule has 0 aliphatic rings. The molecule has 1 unspecified atom stereocenters. The fraction of sp³-hybridized carbons (Fsp3) is 0.400. The van der Waals surface area contributed by atoms with E-state index in [1.807, 2.05) is 19.1 Å². The molecule has 0 radical (unpaired) electrons. The van der Waals surface area contributed by atoms with Crippen molar-refractivity contribution in [2.24, 2.45) is 0 Å². The highest BCUT2D eigenvalue weighted by Gasteiger charge is 2.20. The number of rotatable bonds is 6. The first-order valence-electron chi connectivity index (χ1n) is 6.47. The molecule has 0 saturated heterocycles. The summed E-state index contributed by atoms with van der Waals surface area (Å²) < 4.78 is 6.38. The second-order valence-electron chi connectivity index (χ2n) is 4.71. The lowest BCUT2D eigenvalue weighted by atomic mass is 10.2. The Morgan fingerprint density at radius 2 is 2.20 bits per heavy atom. The maximum absolute atomic E-state index is 12.0. The zero-order valence-corrected chi connectivity index (χ0v) is 13.2. The zero-order chi connectivity index (χ0) is 14.5. The van der Waals surface area contributed by atoms with Crippen molar-refractivity contribution in [3.05, 3.63) is 35.2 Å². The summed E-state index contributed by atoms with van der Waals surface area (Å²) in [7, 11) is 1.64. The third-order valence-corrected chi connectivity index (χ3v) is 4.51. The molecule has 1 amide bonds. The topological polar surface area (TPSA) is 29.5 Å². The molecule has 0 saturated carbocycles. The molecule has 0 aliphatic carbocycles. The number of ether oxygens (including phenoxy) is 1. The molecule has 0 spiro atoms. The van der Waals surface area contributed by atoms with E-state index in [0.29, 0.717) is 13.2 Å². The molecule has 0 N–H and O–H groups in total. The highest BCUT2D eigenvalue weighted by molar-refractivity contribution is 7.19. The van der Waals surface area contributed by atoms with Gasteiger partial charge in [0.2, 0.25) is 5.91 Å². The number of carbonyl (C=O) groups is 1. The van der Waals surface area contributed by atoms with Crippen LogP contribution < -0.4 is 0 Å². The highest BCUT2D eigenvalue weighted by atomic mass is 35.5. The predicted molar refractivity (Wildman–Crippen MR) is 84.4 cm³/mol. The molecular weight excluding hydrogens is 294 g/mol. The molecule has 2 aromatic rings. The predicted octanol–water partition coefficient (Wildman–Crippen LogP) is 3.50. The van der Waals surface area contributed by atoms with Gasteiger partial charge >= 0.3 is 0 Å². The van der Waals surface area contributed by atoms with Crippen LogP contribution in [0.3, 0.4) is 0 Å². The van der Waals surface area contributed by atoms with Crippen LogP contribution in [0.1, 0.15) is 11.8 Å². The Balaban J connectivity index is 2.19. The lowest BCUT2D eigenvalue weighted by Gasteiger charge is -2.27. The second kappa shape index (κ2) is 7.07. The summed E-state index contributed by atoms with van der Waals surface area (Å²) in [5.74, 6) is -0.0625. The van der Waals surface area contributed by atoms with Crippen LogP contribution in [0, 0.1) is 0 Å². The van der Waals surface area contributed by atoms with Gasteiger partial charge in [-0.2, -0.15) is 0 Å². The number of hydrogen-bond acceptors (Lipinski definition) is 3. The van der Waals surface area contributed by atoms with Gasteiger partial charge < -0.3 is 9.64 Å². The van der Waals surface area contributed by atoms with Crippen LogP contribution in [0.2, 0.25) is 0 Å². The van der Waals surface area contributed by atoms with Gasteiger partial charge in [-0.3, -0.25) is 4.79 Å². The van der Waals surface area contributed by atoms with Gasteiger partial charge in [0.1, 0.15) is 5.88 Å². The molecule has 0 fully saturated rings. The first kappa shape index (κ1) is 15.3. The number of thiophene rings is 1. The van der Waals surface area contributed by atoms with E-state index in [2.05, 4.69) is 18.2 Å². The third kappa shape index (κ3) is 3.51. The number of carbonyl (C=O) groups excluding carboxylic acids is 1. The van der Waals surface area contributed by atoms with Crippen LogP contribution >= 0.6 is 22.9 Å². The molecule has 2 rings (SSSR count). The lowest BCUT2D eigenvalue weighted by molar-refractivity contribution is -0.132. The van der Waals surface area contributed by atoms with Gasteiger partial charge in [0, 0.05) is 16.7 Å². The standard InChI is InChI=1S/C15H18ClNO2S/c1-11(10-19-2)17(15(18)8-16)9-13-7-12-5-3-4-6-14(12)20-13/h3-7,11H,8-10H2,1-2H3. The van der Waals surface area contributed by atoms with Gasteiger partial charge in [0.25, 0.3) is 0 Å². The minimum absolute atomic E-state index is 0.00104. The van der Waals surface area contributed by atoms with Crippen LogP contribution in [0.5, 0.6) is 0 Å². The highest BCUT2D eigenvalue weighted by Crippen LogP contribution is 2.26. The number of hydrogen-bond donors (Lipinski definition) is 0. The van der Waals surface area contributed by atoms with Gasteiger partial charge in [-0.15, -0.1) is 22.9 Å². The van der Waals surface area contributed by atoms with Crippen molar-refractivity contribution in [3.63, 3.8) is 0 Å². The molecular formula is C15H18ClNO2S. The normalized spacial score (nSPS) is 12.6. The summed E-state index contributed by atoms with van der Waals surface area (Å²) in [6.45, 7) is 3.06. The molecule has 1 aromatic carbocycles. The first-order chi connectivity index (χ1) is 9.65. The molecule has 1 aromatic heterocycles. The number of fused-ring (bicyclic) bond motifs is 1. The van der Waals surface area contributed by atoms with Gasteiger partial charge in [0.05, 0.1) is 19.2 Å². The van der Waals surface area contributed by atoms with Crippen LogP contribution in [-0.4, -0.2) is 36.4 Å². The Bertz CT molecular complexity index is 551. The number of methoxy groups -OCH3 is 1. The minimum atomic E-state index is -0.0614. The minimum Gasteiger partial charge on any atom is -0.383 e. The third-order valence-electron chi connectivity index (χ3n) is 3.18. The van der Waals surface area contributed by atoms with Crippen molar-refractivity contribution < 1.29 is 9.53 Å². The summed E-state index contributed by atoms with van der Waals surface area (Å²) in [6.07, 6.45) is 0. The van der Waals surface area contributed by atoms with E-state index in [9.17, 15) is 4.79 Å². The van der Waals surface area contributed by atoms with Gasteiger partial charge in [-0.25, -0.2) is 0 Å². The molecule has 1 atom stereocenters. The first-order valence-corrected chi connectivity index (χ1v) is 7.82. The maximum Gasteiger partial charge on any atom is 0.238 e. The zero-order valence-electron chi connectivity index (χ0n) is 11.6. The Hall–Kier alpha value is -1.10. The van der Waals surface area contributed by atoms with E-state index in [1.165, 1.54) is 10.1 Å². The average Bonchev–Trinajstić information content (AvgIpc) is 2.86. The summed E-state index contributed by atoms with van der Waals surface area (Å²) >= 11 is 7.42. The van der Waals surface area contributed by atoms with Crippen LogP contribution in [0.25, 0.3) is 10.1 Å². The van der Waals surface area contributed by atoms with Crippen LogP contribution in [0.15, 0.2) is 30.3 Å². The number of alkyl halides is 1. The number of nitrogens with zero attached hydrogens (tertiary/aromatic N) is 1. The largest absolute Gasteiger partial charge is 0.383 e. The number of benzene rings is 1. The van der Waals surface area contributed by atoms with Crippen LogP contribution in [0.4, 0.5) is 0 Å². The van der Waals surface area contributed by atoms with E-state index < -0.39 is 0 Å². The fourth-order valence-corrected chi connectivity index (χ4v) is 3.40. The van der Waals surface area contributed by atoms with E-state index in [-0.39, 0.29) is 17.8 Å². The molecule has 3 nitrogen and oxygen atoms in total. The maximum atomic E-state index is 12.0. The smallest absolute Gasteiger partial charge is 0.238 e. The van der Waals surface area contributed by atoms with Crippen molar-refractivity contribution in [1.82, 2.24) is 4.90 Å². The molecule has 5 heteroatoms. The van der Waals surface area contributed by atoms with Gasteiger partial charge in [0.15, 0.2) is 0 Å². The summed E-state index contributed by atoms with van der Waals surface area (Å²) in [6, 6.07) is 10.4. The van der Waals surface area contributed by atoms with Crippen molar-refractivity contribution in [3.8, 4) is 0 Å². The molecule has 20 heavy (non-hydrogen) atoms. The number of halogens is 1. The fourth-order valence-electron chi connectivity index (χ4n) is 2.18. The molecule has 108 valence electrons. The van der Waals surface area contributed by atoms with Gasteiger partial charge in [-0.05, 0) is 24.4 Å². The molecule has 0 aliphatic heterocycles. The Morgan fingerprint density at radius 3 is 2.85 bits per heavy atom. The van der Waals surface area contributed by atoms with Crippen molar-refractivity contribution in [2.45, 2.75) is 19.5 Å². The summed E-state index contributed by atoms with van der Waals surface area (Å²) in [5, 5.41) is 1.21.